The first-order valence-corrected chi connectivity index (χ1v) is 12.3. The summed E-state index contributed by atoms with van der Waals surface area (Å²) in [7, 11) is 0. The van der Waals surface area contributed by atoms with E-state index in [1.165, 1.54) is 11.8 Å². The van der Waals surface area contributed by atoms with Crippen LogP contribution >= 0.6 is 11.8 Å². The summed E-state index contributed by atoms with van der Waals surface area (Å²) >= 11 is 1.29. The lowest BCUT2D eigenvalue weighted by Crippen LogP contribution is -2.22. The first kappa shape index (κ1) is 22.9. The molecule has 2 aromatic heterocycles. The Hall–Kier alpha value is -3.91. The monoisotopic (exact) mass is 483 g/mol. The van der Waals surface area contributed by atoms with Crippen LogP contribution in [0.15, 0.2) is 70.6 Å². The molecule has 0 saturated heterocycles. The Kier molecular flexibility index (Phi) is 5.90. The van der Waals surface area contributed by atoms with E-state index in [1.54, 1.807) is 10.6 Å². The van der Waals surface area contributed by atoms with Gasteiger partial charge in [-0.1, -0.05) is 53.7 Å². The first-order chi connectivity index (χ1) is 16.8. The average Bonchev–Trinajstić information content (AvgIpc) is 3.26. The van der Waals surface area contributed by atoms with Crippen molar-refractivity contribution < 1.29 is 4.79 Å². The number of thioether (sulfide) groups is 1. The molecule has 1 N–H and O–H groups in total. The number of aryl methyl sites for hydroxylation is 3. The molecule has 0 radical (unpaired) electrons. The summed E-state index contributed by atoms with van der Waals surface area (Å²) in [5.74, 6) is 0.441. The maximum atomic E-state index is 13.5. The molecule has 0 unspecified atom stereocenters. The largest absolute Gasteiger partial charge is 0.325 e. The Morgan fingerprint density at radius 2 is 1.74 bits per heavy atom. The van der Waals surface area contributed by atoms with Gasteiger partial charge in [-0.3, -0.25) is 14.0 Å². The van der Waals surface area contributed by atoms with Gasteiger partial charge in [0.2, 0.25) is 11.7 Å². The number of anilines is 1. The second-order valence-electron chi connectivity index (χ2n) is 8.65. The van der Waals surface area contributed by atoms with Crippen molar-refractivity contribution in [3.05, 3.63) is 93.3 Å². The number of rotatable bonds is 5. The maximum absolute atomic E-state index is 13.5. The van der Waals surface area contributed by atoms with Gasteiger partial charge in [0, 0.05) is 5.69 Å². The van der Waals surface area contributed by atoms with Crippen LogP contribution in [0.5, 0.6) is 0 Å². The van der Waals surface area contributed by atoms with E-state index in [4.69, 9.17) is 0 Å². The summed E-state index contributed by atoms with van der Waals surface area (Å²) < 4.78 is 3.45. The number of amides is 1. The number of fused-ring (bicyclic) bond motifs is 3. The lowest BCUT2D eigenvalue weighted by atomic mass is 10.1. The molecule has 0 saturated carbocycles. The Morgan fingerprint density at radius 3 is 2.54 bits per heavy atom. The van der Waals surface area contributed by atoms with Crippen LogP contribution in [0.3, 0.4) is 0 Å². The number of para-hydroxylation sites is 1. The molecule has 0 fully saturated rings. The Balaban J connectivity index is 1.56. The highest BCUT2D eigenvalue weighted by Crippen LogP contribution is 2.25. The molecule has 2 heterocycles. The summed E-state index contributed by atoms with van der Waals surface area (Å²) in [5.41, 5.74) is 6.35. The number of carbonyl (C=O) groups excluding carboxylic acids is 1. The molecular weight excluding hydrogens is 458 g/mol. The number of aromatic nitrogens is 4. The number of benzene rings is 3. The fraction of sp³-hybridized carbons (Fsp3) is 0.185. The summed E-state index contributed by atoms with van der Waals surface area (Å²) in [6.45, 7) is 8.00. The van der Waals surface area contributed by atoms with Gasteiger partial charge in [-0.2, -0.15) is 0 Å². The molecule has 1 amide bonds. The highest BCUT2D eigenvalue weighted by Gasteiger charge is 2.19. The second kappa shape index (κ2) is 9.03. The van der Waals surface area contributed by atoms with Gasteiger partial charge in [0.15, 0.2) is 5.16 Å². The van der Waals surface area contributed by atoms with Gasteiger partial charge in [0.25, 0.3) is 5.56 Å². The molecule has 0 aliphatic heterocycles. The van der Waals surface area contributed by atoms with Crippen LogP contribution in [0.1, 0.15) is 22.3 Å². The SMILES string of the molecule is Cc1ccc(-n2c(=O)c3ccccc3n3c(SCC(=O)Nc4cccc(C)c4C)nnc23)c(C)c1. The summed E-state index contributed by atoms with van der Waals surface area (Å²) in [6.07, 6.45) is 0. The highest BCUT2D eigenvalue weighted by molar-refractivity contribution is 7.99. The molecule has 7 nitrogen and oxygen atoms in total. The predicted molar refractivity (Wildman–Crippen MR) is 141 cm³/mol. The van der Waals surface area contributed by atoms with E-state index in [0.29, 0.717) is 21.8 Å². The van der Waals surface area contributed by atoms with Gasteiger partial charge in [0.1, 0.15) is 0 Å². The van der Waals surface area contributed by atoms with E-state index in [0.717, 1.165) is 33.6 Å². The Labute approximate surface area is 206 Å². The molecular formula is C27H25N5O2S. The van der Waals surface area contributed by atoms with Gasteiger partial charge >= 0.3 is 0 Å². The molecule has 0 aliphatic carbocycles. The minimum absolute atomic E-state index is 0.132. The Morgan fingerprint density at radius 1 is 0.943 bits per heavy atom. The van der Waals surface area contributed by atoms with Crippen molar-refractivity contribution in [2.75, 3.05) is 11.1 Å². The second-order valence-corrected chi connectivity index (χ2v) is 9.59. The van der Waals surface area contributed by atoms with Crippen molar-refractivity contribution in [1.82, 2.24) is 19.2 Å². The molecule has 0 spiro atoms. The first-order valence-electron chi connectivity index (χ1n) is 11.3. The summed E-state index contributed by atoms with van der Waals surface area (Å²) in [6, 6.07) is 19.2. The maximum Gasteiger partial charge on any atom is 0.267 e. The molecule has 0 bridgehead atoms. The lowest BCUT2D eigenvalue weighted by molar-refractivity contribution is -0.113. The standard InChI is InChI=1S/C27H25N5O2S/c1-16-12-13-22(18(3)14-16)31-25(34)20-9-5-6-11-23(20)32-26(31)29-30-27(32)35-15-24(33)28-21-10-7-8-17(2)19(21)4/h5-14H,15H2,1-4H3,(H,28,33). The molecule has 0 atom stereocenters. The van der Waals surface area contributed by atoms with Crippen LogP contribution in [0.25, 0.3) is 22.4 Å². The number of carbonyl (C=O) groups is 1. The van der Waals surface area contributed by atoms with E-state index >= 15 is 0 Å². The number of nitrogens with zero attached hydrogens (tertiary/aromatic N) is 4. The molecule has 35 heavy (non-hydrogen) atoms. The summed E-state index contributed by atoms with van der Waals surface area (Å²) in [5, 5.41) is 12.8. The predicted octanol–water partition coefficient (Wildman–Crippen LogP) is 5.00. The van der Waals surface area contributed by atoms with Gasteiger partial charge in [0.05, 0.1) is 22.3 Å². The molecule has 3 aromatic carbocycles. The molecule has 0 aliphatic rings. The smallest absolute Gasteiger partial charge is 0.267 e. The highest BCUT2D eigenvalue weighted by atomic mass is 32.2. The van der Waals surface area contributed by atoms with Crippen molar-refractivity contribution in [3.63, 3.8) is 0 Å². The zero-order valence-electron chi connectivity index (χ0n) is 20.0. The van der Waals surface area contributed by atoms with E-state index in [9.17, 15) is 9.59 Å². The van der Waals surface area contributed by atoms with E-state index in [-0.39, 0.29) is 17.2 Å². The summed E-state index contributed by atoms with van der Waals surface area (Å²) in [4.78, 5) is 26.3. The normalized spacial score (nSPS) is 11.3. The zero-order valence-corrected chi connectivity index (χ0v) is 20.8. The van der Waals surface area contributed by atoms with Crippen molar-refractivity contribution in [1.29, 1.82) is 0 Å². The van der Waals surface area contributed by atoms with Gasteiger partial charge in [-0.05, 0) is 68.7 Å². The topological polar surface area (TPSA) is 81.3 Å². The van der Waals surface area contributed by atoms with Crippen LogP contribution in [-0.2, 0) is 4.79 Å². The minimum atomic E-state index is -0.156. The van der Waals surface area contributed by atoms with E-state index in [1.807, 2.05) is 86.7 Å². The number of hydrogen-bond donors (Lipinski definition) is 1. The molecule has 5 aromatic rings. The minimum Gasteiger partial charge on any atom is -0.325 e. The van der Waals surface area contributed by atoms with E-state index < -0.39 is 0 Å². The van der Waals surface area contributed by atoms with Gasteiger partial charge < -0.3 is 5.32 Å². The molecule has 176 valence electrons. The third-order valence-electron chi connectivity index (χ3n) is 6.20. The van der Waals surface area contributed by atoms with Crippen molar-refractivity contribution in [2.45, 2.75) is 32.9 Å². The van der Waals surface area contributed by atoms with Gasteiger partial charge in [-0.25, -0.2) is 4.57 Å². The van der Waals surface area contributed by atoms with Crippen LogP contribution in [0.2, 0.25) is 0 Å². The molecule has 8 heteroatoms. The van der Waals surface area contributed by atoms with Crippen LogP contribution in [0.4, 0.5) is 5.69 Å². The number of hydrogen-bond acceptors (Lipinski definition) is 5. The third kappa shape index (κ3) is 4.10. The van der Waals surface area contributed by atoms with Crippen molar-refractivity contribution in [3.8, 4) is 5.69 Å². The fourth-order valence-electron chi connectivity index (χ4n) is 4.25. The Bertz CT molecular complexity index is 1670. The van der Waals surface area contributed by atoms with Crippen LogP contribution < -0.4 is 10.9 Å². The van der Waals surface area contributed by atoms with Crippen molar-refractivity contribution >= 4 is 40.0 Å². The quantitative estimate of drug-likeness (QED) is 0.356. The van der Waals surface area contributed by atoms with Gasteiger partial charge in [-0.15, -0.1) is 10.2 Å². The number of nitrogens with one attached hydrogen (secondary N) is 1. The van der Waals surface area contributed by atoms with E-state index in [2.05, 4.69) is 15.5 Å². The molecule has 5 rings (SSSR count). The van der Waals surface area contributed by atoms with Crippen molar-refractivity contribution in [2.24, 2.45) is 0 Å². The zero-order chi connectivity index (χ0) is 24.7. The van der Waals surface area contributed by atoms with Crippen LogP contribution in [-0.4, -0.2) is 30.8 Å². The fourth-order valence-corrected chi connectivity index (χ4v) is 4.99. The van der Waals surface area contributed by atoms with Crippen LogP contribution in [0, 0.1) is 27.7 Å². The lowest BCUT2D eigenvalue weighted by Gasteiger charge is -2.14. The third-order valence-corrected chi connectivity index (χ3v) is 7.13. The average molecular weight is 484 g/mol.